The molecule has 2 aromatic rings. The van der Waals surface area contributed by atoms with Crippen molar-refractivity contribution in [2.24, 2.45) is 0 Å². The molecular formula is C14H9ClF4O. The summed E-state index contributed by atoms with van der Waals surface area (Å²) in [4.78, 5) is 0. The third-order valence-electron chi connectivity index (χ3n) is 2.52. The molecule has 106 valence electrons. The normalized spacial score (nSPS) is 11.7. The highest BCUT2D eigenvalue weighted by atomic mass is 35.5. The van der Waals surface area contributed by atoms with E-state index in [1.54, 1.807) is 30.3 Å². The predicted molar refractivity (Wildman–Crippen MR) is 68.5 cm³/mol. The van der Waals surface area contributed by atoms with Gasteiger partial charge in [-0.2, -0.15) is 17.6 Å². The second-order valence-corrected chi connectivity index (χ2v) is 4.44. The number of hydrogen-bond donors (Lipinski definition) is 0. The Morgan fingerprint density at radius 2 is 1.60 bits per heavy atom. The summed E-state index contributed by atoms with van der Waals surface area (Å²) in [5.74, 6) is -0.331. The highest BCUT2D eigenvalue weighted by molar-refractivity contribution is 6.30. The lowest BCUT2D eigenvalue weighted by atomic mass is 10.1. The van der Waals surface area contributed by atoms with Gasteiger partial charge in [0, 0.05) is 5.02 Å². The van der Waals surface area contributed by atoms with Crippen LogP contribution in [0.25, 0.3) is 11.1 Å². The van der Waals surface area contributed by atoms with E-state index >= 15 is 0 Å². The molecule has 0 aliphatic carbocycles. The quantitative estimate of drug-likeness (QED) is 0.702. The van der Waals surface area contributed by atoms with Crippen molar-refractivity contribution >= 4 is 11.6 Å². The summed E-state index contributed by atoms with van der Waals surface area (Å²) in [7, 11) is 0. The lowest BCUT2D eigenvalue weighted by molar-refractivity contribution is -0.253. The highest BCUT2D eigenvalue weighted by Gasteiger charge is 2.43. The predicted octanol–water partition coefficient (Wildman–Crippen LogP) is 5.24. The van der Waals surface area contributed by atoms with Gasteiger partial charge < -0.3 is 4.74 Å². The summed E-state index contributed by atoms with van der Waals surface area (Å²) in [5, 5.41) is 0.533. The van der Waals surface area contributed by atoms with E-state index in [0.717, 1.165) is 0 Å². The highest BCUT2D eigenvalue weighted by Crippen LogP contribution is 2.30. The zero-order valence-electron chi connectivity index (χ0n) is 9.99. The third-order valence-corrected chi connectivity index (χ3v) is 2.77. The fraction of sp³-hybridized carbons (Fsp3) is 0.143. The molecule has 6 heteroatoms. The number of alkyl halides is 4. The topological polar surface area (TPSA) is 9.23 Å². The maximum Gasteiger partial charge on any atom is 0.461 e. The van der Waals surface area contributed by atoms with Crippen LogP contribution in [0, 0.1) is 0 Å². The molecule has 2 rings (SSSR count). The van der Waals surface area contributed by atoms with Gasteiger partial charge in [-0.05, 0) is 35.4 Å². The van der Waals surface area contributed by atoms with Crippen LogP contribution in [-0.2, 0) is 0 Å². The van der Waals surface area contributed by atoms with E-state index in [0.29, 0.717) is 16.1 Å². The minimum Gasteiger partial charge on any atom is -0.428 e. The zero-order valence-corrected chi connectivity index (χ0v) is 10.8. The molecular weight excluding hydrogens is 296 g/mol. The average Bonchev–Trinajstić information content (AvgIpc) is 2.39. The maximum atomic E-state index is 12.8. The molecule has 0 spiro atoms. The summed E-state index contributed by atoms with van der Waals surface area (Å²) < 4.78 is 53.9. The Labute approximate surface area is 117 Å². The van der Waals surface area contributed by atoms with Crippen molar-refractivity contribution in [3.8, 4) is 16.9 Å². The lowest BCUT2D eigenvalue weighted by Gasteiger charge is -2.17. The molecule has 0 unspecified atom stereocenters. The smallest absolute Gasteiger partial charge is 0.428 e. The van der Waals surface area contributed by atoms with Crippen LogP contribution in [0.2, 0.25) is 5.02 Å². The van der Waals surface area contributed by atoms with Gasteiger partial charge in [0.1, 0.15) is 5.75 Å². The lowest BCUT2D eigenvalue weighted by Crippen LogP contribution is -2.33. The molecule has 20 heavy (non-hydrogen) atoms. The van der Waals surface area contributed by atoms with Crippen LogP contribution in [0.15, 0.2) is 48.5 Å². The van der Waals surface area contributed by atoms with E-state index in [9.17, 15) is 17.6 Å². The monoisotopic (exact) mass is 304 g/mol. The summed E-state index contributed by atoms with van der Waals surface area (Å²) >= 11 is 5.75. The molecule has 0 aliphatic heterocycles. The first-order valence-electron chi connectivity index (χ1n) is 5.59. The first kappa shape index (κ1) is 14.7. The molecule has 0 aliphatic rings. The Morgan fingerprint density at radius 1 is 0.950 bits per heavy atom. The molecule has 0 radical (unpaired) electrons. The van der Waals surface area contributed by atoms with E-state index in [1.807, 2.05) is 0 Å². The first-order valence-corrected chi connectivity index (χ1v) is 5.97. The summed E-state index contributed by atoms with van der Waals surface area (Å²) in [5.41, 5.74) is 1.27. The molecule has 0 amide bonds. The second-order valence-electron chi connectivity index (χ2n) is 4.00. The standard InChI is InChI=1S/C14H9ClF4O/c15-11-6-4-9(5-7-11)10-2-1-3-12(8-10)20-14(18,19)13(16)17/h1-8,13H. The minimum atomic E-state index is -4.52. The molecule has 0 fully saturated rings. The molecule has 0 atom stereocenters. The summed E-state index contributed by atoms with van der Waals surface area (Å²) in [6.45, 7) is 0. The van der Waals surface area contributed by atoms with Gasteiger partial charge in [0.05, 0.1) is 0 Å². The average molecular weight is 305 g/mol. The van der Waals surface area contributed by atoms with Crippen LogP contribution >= 0.6 is 11.6 Å². The fourth-order valence-electron chi connectivity index (χ4n) is 1.58. The van der Waals surface area contributed by atoms with Crippen LogP contribution in [0.1, 0.15) is 0 Å². The van der Waals surface area contributed by atoms with Crippen molar-refractivity contribution in [2.45, 2.75) is 12.5 Å². The van der Waals surface area contributed by atoms with E-state index in [-0.39, 0.29) is 5.75 Å². The van der Waals surface area contributed by atoms with Gasteiger partial charge >= 0.3 is 12.5 Å². The molecule has 0 saturated heterocycles. The van der Waals surface area contributed by atoms with Gasteiger partial charge in [-0.3, -0.25) is 0 Å². The van der Waals surface area contributed by atoms with Crippen molar-refractivity contribution in [3.05, 3.63) is 53.6 Å². The van der Waals surface area contributed by atoms with Crippen molar-refractivity contribution in [1.29, 1.82) is 0 Å². The van der Waals surface area contributed by atoms with Gasteiger partial charge in [-0.15, -0.1) is 0 Å². The number of benzene rings is 2. The Bertz CT molecular complexity index is 584. The van der Waals surface area contributed by atoms with Crippen molar-refractivity contribution in [2.75, 3.05) is 0 Å². The van der Waals surface area contributed by atoms with Gasteiger partial charge in [0.15, 0.2) is 0 Å². The van der Waals surface area contributed by atoms with Gasteiger partial charge in [0.25, 0.3) is 0 Å². The SMILES string of the molecule is FC(F)C(F)(F)Oc1cccc(-c2ccc(Cl)cc2)c1. The molecule has 0 N–H and O–H groups in total. The van der Waals surface area contributed by atoms with Gasteiger partial charge in [-0.25, -0.2) is 0 Å². The molecule has 1 nitrogen and oxygen atoms in total. The first-order chi connectivity index (χ1) is 9.38. The van der Waals surface area contributed by atoms with Crippen LogP contribution in [0.5, 0.6) is 5.75 Å². The largest absolute Gasteiger partial charge is 0.461 e. The maximum absolute atomic E-state index is 12.8. The van der Waals surface area contributed by atoms with E-state index in [2.05, 4.69) is 4.74 Å². The molecule has 0 heterocycles. The summed E-state index contributed by atoms with van der Waals surface area (Å²) in [6, 6.07) is 12.2. The number of hydrogen-bond acceptors (Lipinski definition) is 1. The van der Waals surface area contributed by atoms with Crippen molar-refractivity contribution in [3.63, 3.8) is 0 Å². The Balaban J connectivity index is 2.26. The Morgan fingerprint density at radius 3 is 2.20 bits per heavy atom. The molecule has 0 saturated carbocycles. The number of halogens is 5. The summed E-state index contributed by atoms with van der Waals surface area (Å²) in [6.07, 6.45) is -8.40. The zero-order chi connectivity index (χ0) is 14.8. The molecule has 2 aromatic carbocycles. The van der Waals surface area contributed by atoms with E-state index < -0.39 is 12.5 Å². The van der Waals surface area contributed by atoms with Crippen LogP contribution in [-0.4, -0.2) is 12.5 Å². The molecule has 0 aromatic heterocycles. The molecule has 0 bridgehead atoms. The van der Waals surface area contributed by atoms with Gasteiger partial charge in [-0.1, -0.05) is 35.9 Å². The minimum absolute atomic E-state index is 0.331. The van der Waals surface area contributed by atoms with Crippen LogP contribution in [0.3, 0.4) is 0 Å². The Kier molecular flexibility index (Phi) is 4.18. The van der Waals surface area contributed by atoms with Crippen molar-refractivity contribution < 1.29 is 22.3 Å². The second kappa shape index (κ2) is 5.71. The fourth-order valence-corrected chi connectivity index (χ4v) is 1.71. The number of rotatable bonds is 4. The van der Waals surface area contributed by atoms with E-state index in [1.165, 1.54) is 18.2 Å². The Hall–Kier alpha value is -1.75. The van der Waals surface area contributed by atoms with Crippen molar-refractivity contribution in [1.82, 2.24) is 0 Å². The van der Waals surface area contributed by atoms with Crippen LogP contribution < -0.4 is 4.74 Å². The van der Waals surface area contributed by atoms with Crippen LogP contribution in [0.4, 0.5) is 17.6 Å². The third kappa shape index (κ3) is 3.42. The number of ether oxygens (including phenoxy) is 1. The van der Waals surface area contributed by atoms with E-state index in [4.69, 9.17) is 11.6 Å². The van der Waals surface area contributed by atoms with Gasteiger partial charge in [0.2, 0.25) is 0 Å².